The van der Waals surface area contributed by atoms with Crippen molar-refractivity contribution in [3.05, 3.63) is 91.5 Å². The summed E-state index contributed by atoms with van der Waals surface area (Å²) in [5, 5.41) is 13.6. The molecule has 5 rings (SSSR count). The molecule has 0 unspecified atom stereocenters. The summed E-state index contributed by atoms with van der Waals surface area (Å²) in [6.07, 6.45) is 0. The van der Waals surface area contributed by atoms with Crippen molar-refractivity contribution in [1.29, 1.82) is 5.26 Å². The van der Waals surface area contributed by atoms with Crippen LogP contribution in [0.1, 0.15) is 29.2 Å². The maximum Gasteiger partial charge on any atom is 0.270 e. The Kier molecular flexibility index (Phi) is 3.24. The number of fused-ring (bicyclic) bond motifs is 6. The Morgan fingerprint density at radius 3 is 1.96 bits per heavy atom. The zero-order valence-corrected chi connectivity index (χ0v) is 15.8. The van der Waals surface area contributed by atoms with Crippen LogP contribution in [0.4, 0.5) is 0 Å². The van der Waals surface area contributed by atoms with Crippen LogP contribution in [0.25, 0.3) is 41.7 Å². The van der Waals surface area contributed by atoms with Gasteiger partial charge in [-0.25, -0.2) is 15.0 Å². The molecule has 0 N–H and O–H groups in total. The predicted molar refractivity (Wildman–Crippen MR) is 110 cm³/mol. The first-order valence-corrected chi connectivity index (χ1v) is 9.91. The Balaban J connectivity index is 1.92. The van der Waals surface area contributed by atoms with Gasteiger partial charge in [-0.15, -0.1) is 22.7 Å². The van der Waals surface area contributed by atoms with Crippen LogP contribution in [-0.4, -0.2) is 0 Å². The highest BCUT2D eigenvalue weighted by molar-refractivity contribution is 7.14. The average molecular weight is 379 g/mol. The third kappa shape index (κ3) is 1.92. The van der Waals surface area contributed by atoms with Crippen molar-refractivity contribution < 1.29 is 0 Å². The molecule has 124 valence electrons. The third-order valence-electron chi connectivity index (χ3n) is 5.04. The highest BCUT2D eigenvalue weighted by Crippen LogP contribution is 2.55. The van der Waals surface area contributed by atoms with Crippen LogP contribution in [0.3, 0.4) is 0 Å². The van der Waals surface area contributed by atoms with Crippen LogP contribution in [0.2, 0.25) is 0 Å². The van der Waals surface area contributed by atoms with E-state index >= 15 is 0 Å². The lowest BCUT2D eigenvalue weighted by Gasteiger charge is -2.09. The number of allylic oxidation sites excluding steroid dienone is 2. The zero-order valence-electron chi connectivity index (χ0n) is 14.1. The SMILES string of the molecule is [C-]#[N+]/C(C#N)=C1/c2cc3c(cc2-c2sccc21)-c1sccc1/C3=C(\C)[N+]#[C-]. The monoisotopic (exact) mass is 379 g/mol. The van der Waals surface area contributed by atoms with Gasteiger partial charge in [-0.1, -0.05) is 0 Å². The number of nitrogens with zero attached hydrogens (tertiary/aromatic N) is 3. The van der Waals surface area contributed by atoms with E-state index in [-0.39, 0.29) is 5.70 Å². The molecule has 2 heterocycles. The summed E-state index contributed by atoms with van der Waals surface area (Å²) in [6, 6.07) is 10.4. The van der Waals surface area contributed by atoms with Gasteiger partial charge in [0.05, 0.1) is 19.2 Å². The first-order valence-electron chi connectivity index (χ1n) is 8.15. The molecular formula is C22H9N3S2. The van der Waals surface area contributed by atoms with Gasteiger partial charge in [0.25, 0.3) is 5.70 Å². The summed E-state index contributed by atoms with van der Waals surface area (Å²) >= 11 is 3.32. The van der Waals surface area contributed by atoms with Gasteiger partial charge >= 0.3 is 0 Å². The van der Waals surface area contributed by atoms with E-state index < -0.39 is 0 Å². The van der Waals surface area contributed by atoms with E-state index in [0.29, 0.717) is 5.70 Å². The van der Waals surface area contributed by atoms with E-state index in [0.717, 1.165) is 49.4 Å². The highest BCUT2D eigenvalue weighted by Gasteiger charge is 2.33. The van der Waals surface area contributed by atoms with E-state index in [9.17, 15) is 5.26 Å². The quantitative estimate of drug-likeness (QED) is 0.218. The molecule has 0 amide bonds. The van der Waals surface area contributed by atoms with E-state index in [1.165, 1.54) is 4.88 Å². The lowest BCUT2D eigenvalue weighted by molar-refractivity contribution is 1.48. The fourth-order valence-corrected chi connectivity index (χ4v) is 5.81. The molecule has 2 aromatic heterocycles. The van der Waals surface area contributed by atoms with E-state index in [1.807, 2.05) is 18.4 Å². The fourth-order valence-electron chi connectivity index (χ4n) is 3.95. The molecule has 2 aliphatic rings. The Labute approximate surface area is 164 Å². The Hall–Kier alpha value is -3.43. The van der Waals surface area contributed by atoms with Gasteiger partial charge in [0, 0.05) is 15.3 Å². The second kappa shape index (κ2) is 5.53. The number of thiophene rings is 2. The van der Waals surface area contributed by atoms with Crippen LogP contribution in [-0.2, 0) is 0 Å². The first kappa shape index (κ1) is 15.8. The molecule has 0 saturated heterocycles. The van der Waals surface area contributed by atoms with Crippen molar-refractivity contribution >= 4 is 33.8 Å². The lowest BCUT2D eigenvalue weighted by atomic mass is 9.95. The summed E-state index contributed by atoms with van der Waals surface area (Å²) in [4.78, 5) is 9.45. The van der Waals surface area contributed by atoms with E-state index in [4.69, 9.17) is 13.1 Å². The van der Waals surface area contributed by atoms with Crippen molar-refractivity contribution in [1.82, 2.24) is 0 Å². The van der Waals surface area contributed by atoms with Crippen LogP contribution in [0, 0.1) is 24.5 Å². The largest absolute Gasteiger partial charge is 0.270 e. The molecule has 27 heavy (non-hydrogen) atoms. The van der Waals surface area contributed by atoms with Crippen molar-refractivity contribution in [2.24, 2.45) is 0 Å². The summed E-state index contributed by atoms with van der Waals surface area (Å²) in [7, 11) is 0. The van der Waals surface area contributed by atoms with Gasteiger partial charge in [-0.3, -0.25) is 0 Å². The maximum absolute atomic E-state index is 9.49. The number of rotatable bonds is 0. The van der Waals surface area contributed by atoms with Crippen molar-refractivity contribution in [3.8, 4) is 27.0 Å². The third-order valence-corrected chi connectivity index (χ3v) is 6.93. The molecule has 1 aromatic carbocycles. The topological polar surface area (TPSA) is 32.5 Å². The van der Waals surface area contributed by atoms with Gasteiger partial charge in [-0.05, 0) is 80.9 Å². The second-order valence-electron chi connectivity index (χ2n) is 6.29. The van der Waals surface area contributed by atoms with Gasteiger partial charge in [-0.2, -0.15) is 0 Å². The Morgan fingerprint density at radius 1 is 0.852 bits per heavy atom. The smallest absolute Gasteiger partial charge is 0.242 e. The number of hydrogen-bond acceptors (Lipinski definition) is 3. The summed E-state index contributed by atoms with van der Waals surface area (Å²) in [5.41, 5.74) is 8.70. The molecule has 0 spiro atoms. The lowest BCUT2D eigenvalue weighted by Crippen LogP contribution is -1.90. The van der Waals surface area contributed by atoms with Crippen molar-refractivity contribution in [2.45, 2.75) is 6.92 Å². The molecule has 0 atom stereocenters. The number of hydrogen-bond donors (Lipinski definition) is 0. The molecule has 3 aromatic rings. The summed E-state index contributed by atoms with van der Waals surface area (Å²) in [5.74, 6) is 0. The molecule has 0 aliphatic heterocycles. The standard InChI is InChI=1S/C22H9N3S2/c1-11(24-2)19-12-4-6-26-21(12)16-9-17-15(8-14(16)19)20(18(10-23)25-3)13-5-7-27-22(13)17/h4-9H,1H3/b19-11-,20-18+. The summed E-state index contributed by atoms with van der Waals surface area (Å²) in [6.45, 7) is 16.8. The van der Waals surface area contributed by atoms with Crippen LogP contribution in [0.15, 0.2) is 46.4 Å². The molecule has 0 fully saturated rings. The van der Waals surface area contributed by atoms with E-state index in [1.54, 1.807) is 22.7 Å². The summed E-state index contributed by atoms with van der Waals surface area (Å²) < 4.78 is 0. The zero-order chi connectivity index (χ0) is 18.7. The van der Waals surface area contributed by atoms with Crippen LogP contribution in [0.5, 0.6) is 0 Å². The average Bonchev–Trinajstić information content (AvgIpc) is 3.42. The van der Waals surface area contributed by atoms with Gasteiger partial charge in [0.2, 0.25) is 0 Å². The molecule has 0 radical (unpaired) electrons. The predicted octanol–water partition coefficient (Wildman–Crippen LogP) is 6.67. The minimum absolute atomic E-state index is 0.119. The second-order valence-corrected chi connectivity index (χ2v) is 8.12. The first-order chi connectivity index (χ1) is 13.2. The van der Waals surface area contributed by atoms with Gasteiger partial charge in [0.15, 0.2) is 5.70 Å². The molecule has 3 nitrogen and oxygen atoms in total. The van der Waals surface area contributed by atoms with Crippen molar-refractivity contribution in [3.63, 3.8) is 0 Å². The number of benzene rings is 1. The Bertz CT molecular complexity index is 1340. The molecule has 2 aliphatic carbocycles. The highest BCUT2D eigenvalue weighted by atomic mass is 32.1. The molecular weight excluding hydrogens is 370 g/mol. The minimum Gasteiger partial charge on any atom is -0.242 e. The molecule has 0 bridgehead atoms. The maximum atomic E-state index is 9.49. The van der Waals surface area contributed by atoms with Crippen LogP contribution >= 0.6 is 22.7 Å². The fraction of sp³-hybridized carbons (Fsp3) is 0.0455. The number of nitriles is 1. The van der Waals surface area contributed by atoms with Gasteiger partial charge in [0.1, 0.15) is 0 Å². The van der Waals surface area contributed by atoms with Crippen molar-refractivity contribution in [2.75, 3.05) is 0 Å². The Morgan fingerprint density at radius 2 is 1.41 bits per heavy atom. The molecule has 5 heteroatoms. The van der Waals surface area contributed by atoms with E-state index in [2.05, 4.69) is 39.3 Å². The molecule has 0 saturated carbocycles. The minimum atomic E-state index is 0.119. The van der Waals surface area contributed by atoms with Gasteiger partial charge < -0.3 is 0 Å². The normalized spacial score (nSPS) is 16.4. The van der Waals surface area contributed by atoms with Crippen LogP contribution < -0.4 is 0 Å².